The molecule has 0 aliphatic rings. The Kier molecular flexibility index (Phi) is 1.53. The Bertz CT molecular complexity index is 654. The molecule has 0 atom stereocenters. The maximum Gasteiger partial charge on any atom is 0.273 e. The predicted octanol–water partition coefficient (Wildman–Crippen LogP) is 1.53. The summed E-state index contributed by atoms with van der Waals surface area (Å²) in [5, 5.41) is 2.78. The monoisotopic (exact) mass is 203 g/mol. The Morgan fingerprint density at radius 2 is 2.40 bits per heavy atom. The number of hydrogen-bond donors (Lipinski definition) is 1. The number of furan rings is 1. The molecule has 1 N–H and O–H groups in total. The molecule has 3 rings (SSSR count). The Labute approximate surface area is 85.5 Å². The van der Waals surface area contributed by atoms with Gasteiger partial charge in [0.05, 0.1) is 18.2 Å². The minimum absolute atomic E-state index is 0. The number of nitrogens with one attached hydrogen (secondary N) is 1. The molecule has 0 aromatic carbocycles. The van der Waals surface area contributed by atoms with Crippen LogP contribution >= 0.6 is 0 Å². The van der Waals surface area contributed by atoms with Gasteiger partial charge in [-0.3, -0.25) is 9.89 Å². The molecule has 0 saturated heterocycles. The van der Waals surface area contributed by atoms with Crippen molar-refractivity contribution < 1.29 is 5.84 Å². The van der Waals surface area contributed by atoms with Crippen LogP contribution in [0.5, 0.6) is 0 Å². The Morgan fingerprint density at radius 1 is 1.47 bits per heavy atom. The van der Waals surface area contributed by atoms with Crippen molar-refractivity contribution in [2.75, 3.05) is 0 Å². The van der Waals surface area contributed by atoms with E-state index < -0.39 is 0 Å². The molecule has 3 aromatic heterocycles. The van der Waals surface area contributed by atoms with Gasteiger partial charge >= 0.3 is 0 Å². The van der Waals surface area contributed by atoms with Crippen molar-refractivity contribution in [2.45, 2.75) is 0 Å². The number of nitrogens with zero attached hydrogens (tertiary/aromatic N) is 2. The first-order valence-electron chi connectivity index (χ1n) is 4.44. The summed E-state index contributed by atoms with van der Waals surface area (Å²) >= 11 is 0. The highest BCUT2D eigenvalue weighted by molar-refractivity contribution is 5.59. The summed E-state index contributed by atoms with van der Waals surface area (Å²) in [5.41, 5.74) is 1.88. The molecule has 0 saturated carbocycles. The fourth-order valence-electron chi connectivity index (χ4n) is 1.49. The predicted molar refractivity (Wildman–Crippen MR) is 55.6 cm³/mol. The number of fused-ring (bicyclic) bond motifs is 1. The molecule has 0 aliphatic heterocycles. The van der Waals surface area contributed by atoms with Gasteiger partial charge in [0, 0.05) is 25.3 Å². The van der Waals surface area contributed by atoms with Gasteiger partial charge < -0.3 is 4.42 Å². The summed E-state index contributed by atoms with van der Waals surface area (Å²) in [4.78, 5) is 15.9. The first kappa shape index (κ1) is 8.05. The molecule has 0 fully saturated rings. The standard InChI is InChI=1S/C10H7N3O2.H2/c14-10-5-8(7-2-4-15-6-7)12-9-1-3-11-13(9)10;/h1-6,11H;1H. The van der Waals surface area contributed by atoms with E-state index in [1.54, 1.807) is 30.9 Å². The zero-order valence-corrected chi connectivity index (χ0v) is 7.68. The molecule has 0 radical (unpaired) electrons. The molecule has 5 heteroatoms. The quantitative estimate of drug-likeness (QED) is 0.652. The minimum atomic E-state index is -0.138. The third-order valence-corrected chi connectivity index (χ3v) is 2.20. The molecule has 0 unspecified atom stereocenters. The Balaban J connectivity index is 0.000000963. The minimum Gasteiger partial charge on any atom is -0.472 e. The molecular weight excluding hydrogens is 194 g/mol. The van der Waals surface area contributed by atoms with Crippen LogP contribution in [0.1, 0.15) is 1.43 Å². The summed E-state index contributed by atoms with van der Waals surface area (Å²) in [5.74, 6) is 0. The number of aromatic nitrogens is 3. The second-order valence-electron chi connectivity index (χ2n) is 3.15. The summed E-state index contributed by atoms with van der Waals surface area (Å²) in [6, 6.07) is 4.98. The van der Waals surface area contributed by atoms with E-state index in [2.05, 4.69) is 10.1 Å². The maximum absolute atomic E-state index is 11.6. The van der Waals surface area contributed by atoms with E-state index in [-0.39, 0.29) is 6.99 Å². The van der Waals surface area contributed by atoms with Crippen molar-refractivity contribution in [2.24, 2.45) is 0 Å². The van der Waals surface area contributed by atoms with E-state index in [9.17, 15) is 4.79 Å². The first-order chi connectivity index (χ1) is 7.34. The molecule has 0 spiro atoms. The lowest BCUT2D eigenvalue weighted by atomic mass is 10.2. The van der Waals surface area contributed by atoms with Gasteiger partial charge in [-0.2, -0.15) is 0 Å². The fraction of sp³-hybridized carbons (Fsp3) is 0. The van der Waals surface area contributed by atoms with Crippen LogP contribution in [0, 0.1) is 0 Å². The lowest BCUT2D eigenvalue weighted by molar-refractivity contribution is 0.568. The molecule has 0 bridgehead atoms. The van der Waals surface area contributed by atoms with Gasteiger partial charge in [0.15, 0.2) is 5.65 Å². The highest BCUT2D eigenvalue weighted by Gasteiger charge is 2.05. The van der Waals surface area contributed by atoms with Crippen LogP contribution in [0.4, 0.5) is 0 Å². The van der Waals surface area contributed by atoms with E-state index in [1.165, 1.54) is 10.6 Å². The average molecular weight is 203 g/mol. The molecule has 76 valence electrons. The van der Waals surface area contributed by atoms with Crippen LogP contribution < -0.4 is 5.56 Å². The van der Waals surface area contributed by atoms with Gasteiger partial charge in [-0.15, -0.1) is 0 Å². The van der Waals surface area contributed by atoms with Crippen molar-refractivity contribution in [3.63, 3.8) is 0 Å². The number of H-pyrrole nitrogens is 1. The number of aromatic amines is 1. The lowest BCUT2D eigenvalue weighted by Gasteiger charge is -1.96. The van der Waals surface area contributed by atoms with Gasteiger partial charge in [-0.1, -0.05) is 0 Å². The SMILES string of the molecule is O=c1cc(-c2ccoc2)nc2cc[nH]n12.[HH]. The van der Waals surface area contributed by atoms with E-state index in [0.29, 0.717) is 11.3 Å². The lowest BCUT2D eigenvalue weighted by Crippen LogP contribution is -2.13. The smallest absolute Gasteiger partial charge is 0.273 e. The van der Waals surface area contributed by atoms with E-state index in [4.69, 9.17) is 4.42 Å². The van der Waals surface area contributed by atoms with Crippen LogP contribution in [0.3, 0.4) is 0 Å². The van der Waals surface area contributed by atoms with Gasteiger partial charge in [0.1, 0.15) is 0 Å². The van der Waals surface area contributed by atoms with E-state index in [0.717, 1.165) is 5.56 Å². The second kappa shape index (κ2) is 2.84. The van der Waals surface area contributed by atoms with Gasteiger partial charge in [0.2, 0.25) is 0 Å². The van der Waals surface area contributed by atoms with Gasteiger partial charge in [-0.05, 0) is 6.07 Å². The maximum atomic E-state index is 11.6. The van der Waals surface area contributed by atoms with Crippen LogP contribution in [-0.4, -0.2) is 14.6 Å². The van der Waals surface area contributed by atoms with Gasteiger partial charge in [-0.25, -0.2) is 9.50 Å². The highest BCUT2D eigenvalue weighted by Crippen LogP contribution is 2.15. The molecule has 0 aliphatic carbocycles. The fourth-order valence-corrected chi connectivity index (χ4v) is 1.49. The van der Waals surface area contributed by atoms with Crippen molar-refractivity contribution in [3.05, 3.63) is 47.3 Å². The van der Waals surface area contributed by atoms with E-state index >= 15 is 0 Å². The highest BCUT2D eigenvalue weighted by atomic mass is 16.3. The average Bonchev–Trinajstić information content (AvgIpc) is 2.88. The molecule has 3 aromatic rings. The molecular formula is C10H9N3O2. The largest absolute Gasteiger partial charge is 0.472 e. The third kappa shape index (κ3) is 1.17. The van der Waals surface area contributed by atoms with Crippen LogP contribution in [-0.2, 0) is 0 Å². The van der Waals surface area contributed by atoms with Gasteiger partial charge in [0.25, 0.3) is 5.56 Å². The van der Waals surface area contributed by atoms with Crippen molar-refractivity contribution in [1.82, 2.24) is 14.6 Å². The van der Waals surface area contributed by atoms with E-state index in [1.807, 2.05) is 0 Å². The second-order valence-corrected chi connectivity index (χ2v) is 3.15. The zero-order valence-electron chi connectivity index (χ0n) is 7.68. The van der Waals surface area contributed by atoms with Crippen molar-refractivity contribution >= 4 is 5.65 Å². The summed E-state index contributed by atoms with van der Waals surface area (Å²) in [6.45, 7) is 0. The molecule has 0 amide bonds. The summed E-state index contributed by atoms with van der Waals surface area (Å²) in [7, 11) is 0. The van der Waals surface area contributed by atoms with Crippen LogP contribution in [0.25, 0.3) is 16.9 Å². The normalized spacial score (nSPS) is 10.9. The zero-order chi connectivity index (χ0) is 10.3. The third-order valence-electron chi connectivity index (χ3n) is 2.20. The summed E-state index contributed by atoms with van der Waals surface area (Å²) < 4.78 is 6.32. The topological polar surface area (TPSA) is 63.3 Å². The molecule has 15 heavy (non-hydrogen) atoms. The van der Waals surface area contributed by atoms with Crippen LogP contribution in [0.15, 0.2) is 46.1 Å². The number of rotatable bonds is 1. The van der Waals surface area contributed by atoms with Crippen LogP contribution in [0.2, 0.25) is 0 Å². The van der Waals surface area contributed by atoms with Crippen molar-refractivity contribution in [3.8, 4) is 11.3 Å². The van der Waals surface area contributed by atoms with Crippen molar-refractivity contribution in [1.29, 1.82) is 0 Å². The Hall–Kier alpha value is -2.30. The molecule has 5 nitrogen and oxygen atoms in total. The molecule has 3 heterocycles. The summed E-state index contributed by atoms with van der Waals surface area (Å²) in [6.07, 6.45) is 4.78. The number of hydrogen-bond acceptors (Lipinski definition) is 3. The Morgan fingerprint density at radius 3 is 3.20 bits per heavy atom. The first-order valence-corrected chi connectivity index (χ1v) is 4.44.